The van der Waals surface area contributed by atoms with Gasteiger partial charge in [0.15, 0.2) is 0 Å². The summed E-state index contributed by atoms with van der Waals surface area (Å²) in [4.78, 5) is 0. The maximum Gasteiger partial charge on any atom is 0.0446 e. The van der Waals surface area contributed by atoms with Gasteiger partial charge in [0.25, 0.3) is 0 Å². The van der Waals surface area contributed by atoms with Crippen molar-refractivity contribution in [3.8, 4) is 0 Å². The minimum atomic E-state index is 0.162. The molecule has 0 fully saturated rings. The van der Waals surface area contributed by atoms with Crippen molar-refractivity contribution < 1.29 is 5.11 Å². The van der Waals surface area contributed by atoms with Crippen LogP contribution in [-0.2, 0) is 12.8 Å². The Morgan fingerprint density at radius 3 is 2.63 bits per heavy atom. The van der Waals surface area contributed by atoms with E-state index in [1.165, 1.54) is 11.1 Å². The summed E-state index contributed by atoms with van der Waals surface area (Å²) in [7, 11) is 0. The Kier molecular flexibility index (Phi) is 4.54. The summed E-state index contributed by atoms with van der Waals surface area (Å²) in [5, 5.41) is 13.8. The minimum Gasteiger partial charge on any atom is -0.396 e. The maximum absolute atomic E-state index is 9.23. The zero-order valence-corrected chi connectivity index (χ0v) is 12.8. The van der Waals surface area contributed by atoms with E-state index in [1.54, 1.807) is 0 Å². The monoisotopic (exact) mass is 281 g/mol. The van der Waals surface area contributed by atoms with Crippen LogP contribution in [-0.4, -0.2) is 23.8 Å². The van der Waals surface area contributed by atoms with Gasteiger partial charge in [-0.15, -0.1) is 0 Å². The summed E-state index contributed by atoms with van der Waals surface area (Å²) in [6, 6.07) is 6.99. The third-order valence-electron chi connectivity index (χ3n) is 4.00. The lowest BCUT2D eigenvalue weighted by atomic mass is 9.84. The predicted octanol–water partition coefficient (Wildman–Crippen LogP) is 3.19. The Morgan fingerprint density at radius 1 is 1.32 bits per heavy atom. The molecule has 0 aromatic heterocycles. The first kappa shape index (κ1) is 14.8. The summed E-state index contributed by atoms with van der Waals surface area (Å²) in [5.41, 5.74) is 2.93. The topological polar surface area (TPSA) is 32.3 Å². The molecule has 0 saturated carbocycles. The first-order chi connectivity index (χ1) is 8.90. The zero-order valence-electron chi connectivity index (χ0n) is 12.0. The Morgan fingerprint density at radius 2 is 2.00 bits per heavy atom. The highest BCUT2D eigenvalue weighted by Gasteiger charge is 2.29. The second kappa shape index (κ2) is 5.82. The van der Waals surface area contributed by atoms with Crippen LogP contribution in [0, 0.1) is 5.41 Å². The van der Waals surface area contributed by atoms with Gasteiger partial charge >= 0.3 is 0 Å². The van der Waals surface area contributed by atoms with Gasteiger partial charge in [0, 0.05) is 23.7 Å². The van der Waals surface area contributed by atoms with Gasteiger partial charge in [-0.05, 0) is 47.9 Å². The second-order valence-electron chi connectivity index (χ2n) is 6.62. The average molecular weight is 282 g/mol. The highest BCUT2D eigenvalue weighted by molar-refractivity contribution is 6.30. The Hall–Kier alpha value is -0.570. The second-order valence-corrected chi connectivity index (χ2v) is 7.05. The van der Waals surface area contributed by atoms with E-state index in [-0.39, 0.29) is 12.0 Å². The van der Waals surface area contributed by atoms with Crippen LogP contribution in [0.3, 0.4) is 0 Å². The first-order valence-electron chi connectivity index (χ1n) is 7.04. The SMILES string of the molecule is CC(C)(C)C(CCO)NC1Cc2ccc(Cl)cc2C1. The van der Waals surface area contributed by atoms with Gasteiger partial charge < -0.3 is 10.4 Å². The van der Waals surface area contributed by atoms with Crippen LogP contribution in [0.4, 0.5) is 0 Å². The molecule has 1 aromatic carbocycles. The van der Waals surface area contributed by atoms with E-state index in [0.717, 1.165) is 24.3 Å². The molecular weight excluding hydrogens is 258 g/mol. The number of aliphatic hydroxyl groups is 1. The molecule has 2 nitrogen and oxygen atoms in total. The molecule has 0 bridgehead atoms. The molecule has 1 aliphatic carbocycles. The molecule has 0 spiro atoms. The molecule has 0 amide bonds. The maximum atomic E-state index is 9.23. The van der Waals surface area contributed by atoms with Crippen molar-refractivity contribution in [2.24, 2.45) is 5.41 Å². The van der Waals surface area contributed by atoms with Crippen molar-refractivity contribution in [1.29, 1.82) is 0 Å². The standard InChI is InChI=1S/C16H24ClNO/c1-16(2,3)15(6-7-19)18-14-9-11-4-5-13(17)8-12(11)10-14/h4-5,8,14-15,18-19H,6-7,9-10H2,1-3H3. The molecule has 2 N–H and O–H groups in total. The Labute approximate surface area is 121 Å². The van der Waals surface area contributed by atoms with Gasteiger partial charge in [0.05, 0.1) is 0 Å². The van der Waals surface area contributed by atoms with Crippen molar-refractivity contribution in [3.05, 3.63) is 34.3 Å². The molecule has 2 unspecified atom stereocenters. The molecular formula is C16H24ClNO. The fourth-order valence-electron chi connectivity index (χ4n) is 2.88. The van der Waals surface area contributed by atoms with Crippen LogP contribution in [0.5, 0.6) is 0 Å². The van der Waals surface area contributed by atoms with E-state index in [9.17, 15) is 5.11 Å². The lowest BCUT2D eigenvalue weighted by molar-refractivity contribution is 0.186. The number of halogens is 1. The van der Waals surface area contributed by atoms with Crippen molar-refractivity contribution in [3.63, 3.8) is 0 Å². The quantitative estimate of drug-likeness (QED) is 0.888. The molecule has 2 atom stereocenters. The van der Waals surface area contributed by atoms with Crippen molar-refractivity contribution in [2.75, 3.05) is 6.61 Å². The molecule has 0 saturated heterocycles. The van der Waals surface area contributed by atoms with Gasteiger partial charge in [-0.1, -0.05) is 38.4 Å². The number of rotatable bonds is 4. The highest BCUT2D eigenvalue weighted by atomic mass is 35.5. The van der Waals surface area contributed by atoms with E-state index >= 15 is 0 Å². The van der Waals surface area contributed by atoms with Crippen molar-refractivity contribution in [2.45, 2.75) is 52.1 Å². The number of hydrogen-bond acceptors (Lipinski definition) is 2. The Balaban J connectivity index is 2.02. The zero-order chi connectivity index (χ0) is 14.0. The number of fused-ring (bicyclic) bond motifs is 1. The van der Waals surface area contributed by atoms with Gasteiger partial charge in [-0.3, -0.25) is 0 Å². The number of benzene rings is 1. The van der Waals surface area contributed by atoms with Crippen LogP contribution in [0.25, 0.3) is 0 Å². The van der Waals surface area contributed by atoms with Crippen LogP contribution < -0.4 is 5.32 Å². The predicted molar refractivity (Wildman–Crippen MR) is 80.7 cm³/mol. The highest BCUT2D eigenvalue weighted by Crippen LogP contribution is 2.28. The molecule has 0 radical (unpaired) electrons. The summed E-state index contributed by atoms with van der Waals surface area (Å²) < 4.78 is 0. The first-order valence-corrected chi connectivity index (χ1v) is 7.42. The summed E-state index contributed by atoms with van der Waals surface area (Å²) in [6.07, 6.45) is 2.90. The fraction of sp³-hybridized carbons (Fsp3) is 0.625. The summed E-state index contributed by atoms with van der Waals surface area (Å²) >= 11 is 6.05. The number of nitrogens with one attached hydrogen (secondary N) is 1. The Bertz CT molecular complexity index is 439. The average Bonchev–Trinajstić information content (AvgIpc) is 2.68. The third-order valence-corrected chi connectivity index (χ3v) is 4.24. The molecule has 1 aromatic rings. The van der Waals surface area contributed by atoms with Crippen LogP contribution in [0.1, 0.15) is 38.3 Å². The summed E-state index contributed by atoms with van der Waals surface area (Å²) in [5.74, 6) is 0. The molecule has 2 rings (SSSR count). The van der Waals surface area contributed by atoms with E-state index in [0.29, 0.717) is 12.1 Å². The lowest BCUT2D eigenvalue weighted by Crippen LogP contribution is -2.46. The number of aliphatic hydroxyl groups excluding tert-OH is 1. The van der Waals surface area contributed by atoms with Gasteiger partial charge in [0.1, 0.15) is 0 Å². The van der Waals surface area contributed by atoms with Crippen LogP contribution in [0.15, 0.2) is 18.2 Å². The smallest absolute Gasteiger partial charge is 0.0446 e. The normalized spacial score (nSPS) is 20.4. The largest absolute Gasteiger partial charge is 0.396 e. The minimum absolute atomic E-state index is 0.162. The summed E-state index contributed by atoms with van der Waals surface area (Å²) in [6.45, 7) is 6.90. The molecule has 106 valence electrons. The van der Waals surface area contributed by atoms with E-state index in [1.807, 2.05) is 6.07 Å². The van der Waals surface area contributed by atoms with E-state index < -0.39 is 0 Å². The van der Waals surface area contributed by atoms with E-state index in [4.69, 9.17) is 11.6 Å². The fourth-order valence-corrected chi connectivity index (χ4v) is 3.08. The number of hydrogen-bond donors (Lipinski definition) is 2. The molecule has 0 heterocycles. The molecule has 3 heteroatoms. The van der Waals surface area contributed by atoms with Gasteiger partial charge in [-0.2, -0.15) is 0 Å². The molecule has 1 aliphatic rings. The van der Waals surface area contributed by atoms with Crippen LogP contribution in [0.2, 0.25) is 5.02 Å². The van der Waals surface area contributed by atoms with Crippen molar-refractivity contribution in [1.82, 2.24) is 5.32 Å². The van der Waals surface area contributed by atoms with Gasteiger partial charge in [-0.25, -0.2) is 0 Å². The molecule has 0 aliphatic heterocycles. The van der Waals surface area contributed by atoms with Crippen molar-refractivity contribution >= 4 is 11.6 Å². The van der Waals surface area contributed by atoms with Crippen LogP contribution >= 0.6 is 11.6 Å². The third kappa shape index (κ3) is 3.71. The molecule has 19 heavy (non-hydrogen) atoms. The lowest BCUT2D eigenvalue weighted by Gasteiger charge is -2.33. The van der Waals surface area contributed by atoms with Gasteiger partial charge in [0.2, 0.25) is 0 Å². The van der Waals surface area contributed by atoms with E-state index in [2.05, 4.69) is 38.2 Å².